The zero-order valence-corrected chi connectivity index (χ0v) is 17.1. The molecule has 0 radical (unpaired) electrons. The second kappa shape index (κ2) is 6.77. The number of ether oxygens (including phenoxy) is 1. The molecule has 4 heterocycles. The first-order valence-corrected chi connectivity index (χ1v) is 10.3. The van der Waals surface area contributed by atoms with Crippen molar-refractivity contribution in [3.05, 3.63) is 63.3 Å². The number of nitrogens with zero attached hydrogens (tertiary/aromatic N) is 3. The summed E-state index contributed by atoms with van der Waals surface area (Å²) in [5, 5.41) is 0. The molecular formula is C22H24N4O4. The summed E-state index contributed by atoms with van der Waals surface area (Å²) in [7, 11) is 0. The van der Waals surface area contributed by atoms with E-state index in [2.05, 4.69) is 9.97 Å². The van der Waals surface area contributed by atoms with Gasteiger partial charge in [-0.2, -0.15) is 0 Å². The van der Waals surface area contributed by atoms with Crippen LogP contribution in [0.15, 0.2) is 35.1 Å². The van der Waals surface area contributed by atoms with E-state index in [1.165, 1.54) is 0 Å². The smallest absolute Gasteiger partial charge is 0.254 e. The van der Waals surface area contributed by atoms with E-state index in [1.54, 1.807) is 18.7 Å². The number of amides is 2. The van der Waals surface area contributed by atoms with Gasteiger partial charge in [-0.15, -0.1) is 0 Å². The van der Waals surface area contributed by atoms with Crippen LogP contribution in [0.5, 0.6) is 0 Å². The fraction of sp³-hybridized carbons (Fsp3) is 0.455. The van der Waals surface area contributed by atoms with Gasteiger partial charge in [-0.25, -0.2) is 4.98 Å². The normalized spacial score (nSPS) is 27.5. The van der Waals surface area contributed by atoms with Crippen molar-refractivity contribution in [1.82, 2.24) is 19.8 Å². The summed E-state index contributed by atoms with van der Waals surface area (Å²) in [6.07, 6.45) is 0.617. The minimum atomic E-state index is -0.764. The van der Waals surface area contributed by atoms with Crippen molar-refractivity contribution < 1.29 is 14.3 Å². The van der Waals surface area contributed by atoms with E-state index < -0.39 is 5.72 Å². The van der Waals surface area contributed by atoms with E-state index in [0.717, 1.165) is 5.56 Å². The molecule has 1 aromatic heterocycles. The van der Waals surface area contributed by atoms with Crippen molar-refractivity contribution in [2.45, 2.75) is 51.0 Å². The summed E-state index contributed by atoms with van der Waals surface area (Å²) in [5.41, 5.74) is 0.921. The number of rotatable bonds is 3. The largest absolute Gasteiger partial charge is 0.343 e. The Kier molecular flexibility index (Phi) is 4.28. The van der Waals surface area contributed by atoms with Gasteiger partial charge in [0.2, 0.25) is 11.8 Å². The molecule has 8 nitrogen and oxygen atoms in total. The highest BCUT2D eigenvalue weighted by Crippen LogP contribution is 2.50. The molecule has 5 rings (SSSR count). The Labute approximate surface area is 173 Å². The topological polar surface area (TPSA) is 95.6 Å². The van der Waals surface area contributed by atoms with Crippen molar-refractivity contribution in [2.75, 3.05) is 13.1 Å². The third kappa shape index (κ3) is 2.78. The van der Waals surface area contributed by atoms with Crippen molar-refractivity contribution >= 4 is 11.8 Å². The Bertz CT molecular complexity index is 1080. The van der Waals surface area contributed by atoms with Gasteiger partial charge in [0.05, 0.1) is 25.4 Å². The number of aromatic nitrogens is 2. The van der Waals surface area contributed by atoms with E-state index in [1.807, 2.05) is 35.2 Å². The van der Waals surface area contributed by atoms with Crippen LogP contribution in [0, 0.1) is 13.8 Å². The van der Waals surface area contributed by atoms with Crippen LogP contribution < -0.4 is 5.56 Å². The highest BCUT2D eigenvalue weighted by molar-refractivity contribution is 5.85. The molecule has 30 heavy (non-hydrogen) atoms. The van der Waals surface area contributed by atoms with Gasteiger partial charge < -0.3 is 19.5 Å². The number of nitrogens with one attached hydrogen (secondary N) is 1. The number of hydrogen-bond donors (Lipinski definition) is 1. The first kappa shape index (κ1) is 19.0. The zero-order chi connectivity index (χ0) is 21.0. The van der Waals surface area contributed by atoms with Gasteiger partial charge in [0.15, 0.2) is 5.72 Å². The van der Waals surface area contributed by atoms with E-state index in [-0.39, 0.29) is 42.4 Å². The summed E-state index contributed by atoms with van der Waals surface area (Å²) in [6, 6.07) is 9.54. The van der Waals surface area contributed by atoms with E-state index >= 15 is 0 Å². The van der Waals surface area contributed by atoms with Crippen molar-refractivity contribution in [2.24, 2.45) is 0 Å². The number of aryl methyl sites for hydroxylation is 2. The monoisotopic (exact) mass is 408 g/mol. The second-order valence-electron chi connectivity index (χ2n) is 8.32. The predicted octanol–water partition coefficient (Wildman–Crippen LogP) is 1.23. The molecule has 0 unspecified atom stereocenters. The van der Waals surface area contributed by atoms with Gasteiger partial charge in [0.1, 0.15) is 11.9 Å². The molecule has 3 aliphatic rings. The molecule has 0 aliphatic carbocycles. The molecule has 3 saturated heterocycles. The number of likely N-dealkylation sites (tertiary alicyclic amines) is 1. The fourth-order valence-electron chi connectivity index (χ4n) is 5.18. The average Bonchev–Trinajstić information content (AvgIpc) is 3.34. The first-order chi connectivity index (χ1) is 14.4. The molecule has 3 atom stereocenters. The standard InChI is InChI=1S/C22H24N4O4/c1-13-16(21(29)24-14(2)23-13)10-19(27)25-9-8-22-18(25)11-20(28)26(22)12-17(30-22)15-6-4-3-5-7-15/h3-7,17-18H,8-12H2,1-2H3,(H,23,24,29)/t17-,18-,22+/m1/s1. The maximum Gasteiger partial charge on any atom is 0.254 e. The molecule has 3 aliphatic heterocycles. The van der Waals surface area contributed by atoms with E-state index in [0.29, 0.717) is 36.6 Å². The van der Waals surface area contributed by atoms with Gasteiger partial charge in [0.25, 0.3) is 5.56 Å². The van der Waals surface area contributed by atoms with Crippen LogP contribution in [0.4, 0.5) is 0 Å². The van der Waals surface area contributed by atoms with E-state index in [9.17, 15) is 14.4 Å². The lowest BCUT2D eigenvalue weighted by atomic mass is 10.1. The Morgan fingerprint density at radius 3 is 2.77 bits per heavy atom. The minimum Gasteiger partial charge on any atom is -0.343 e. The SMILES string of the molecule is Cc1nc(C)c(CC(=O)N2CC[C@@]34O[C@@H](c5ccccc5)CN3C(=O)C[C@@H]24)c(=O)[nH]1. The van der Waals surface area contributed by atoms with Crippen LogP contribution in [0.1, 0.15) is 41.6 Å². The number of hydrogen-bond acceptors (Lipinski definition) is 5. The Morgan fingerprint density at radius 2 is 2.03 bits per heavy atom. The Hall–Kier alpha value is -3.00. The third-order valence-corrected chi connectivity index (χ3v) is 6.59. The summed E-state index contributed by atoms with van der Waals surface area (Å²) in [6.45, 7) is 4.46. The maximum absolute atomic E-state index is 13.2. The molecular weight excluding hydrogens is 384 g/mol. The van der Waals surface area contributed by atoms with Crippen LogP contribution >= 0.6 is 0 Å². The molecule has 3 fully saturated rings. The highest BCUT2D eigenvalue weighted by atomic mass is 16.5. The summed E-state index contributed by atoms with van der Waals surface area (Å²) in [5.74, 6) is 0.372. The van der Waals surface area contributed by atoms with Crippen molar-refractivity contribution in [3.8, 4) is 0 Å². The number of H-pyrrole nitrogens is 1. The van der Waals surface area contributed by atoms with Gasteiger partial charge >= 0.3 is 0 Å². The summed E-state index contributed by atoms with van der Waals surface area (Å²) in [4.78, 5) is 48.7. The zero-order valence-electron chi connectivity index (χ0n) is 17.1. The number of benzene rings is 1. The molecule has 2 amide bonds. The van der Waals surface area contributed by atoms with Crippen LogP contribution in [0.2, 0.25) is 0 Å². The number of carbonyl (C=O) groups is 2. The molecule has 8 heteroatoms. The highest BCUT2D eigenvalue weighted by Gasteiger charge is 2.64. The average molecular weight is 408 g/mol. The van der Waals surface area contributed by atoms with Crippen molar-refractivity contribution in [3.63, 3.8) is 0 Å². The van der Waals surface area contributed by atoms with E-state index in [4.69, 9.17) is 4.74 Å². The molecule has 2 aromatic rings. The lowest BCUT2D eigenvalue weighted by Gasteiger charge is -2.32. The molecule has 0 saturated carbocycles. The molecule has 1 N–H and O–H groups in total. The second-order valence-corrected chi connectivity index (χ2v) is 8.32. The maximum atomic E-state index is 13.2. The lowest BCUT2D eigenvalue weighted by Crippen LogP contribution is -2.49. The summed E-state index contributed by atoms with van der Waals surface area (Å²) >= 11 is 0. The van der Waals surface area contributed by atoms with Crippen LogP contribution in [0.3, 0.4) is 0 Å². The lowest BCUT2D eigenvalue weighted by molar-refractivity contribution is -0.142. The summed E-state index contributed by atoms with van der Waals surface area (Å²) < 4.78 is 6.48. The molecule has 156 valence electrons. The van der Waals surface area contributed by atoms with Gasteiger partial charge in [-0.05, 0) is 19.4 Å². The third-order valence-electron chi connectivity index (χ3n) is 6.59. The van der Waals surface area contributed by atoms with Crippen LogP contribution in [-0.4, -0.2) is 56.4 Å². The molecule has 1 aromatic carbocycles. The Balaban J connectivity index is 1.40. The van der Waals surface area contributed by atoms with Crippen LogP contribution in [-0.2, 0) is 20.7 Å². The quantitative estimate of drug-likeness (QED) is 0.824. The van der Waals surface area contributed by atoms with Gasteiger partial charge in [-0.3, -0.25) is 14.4 Å². The number of aromatic amines is 1. The van der Waals surface area contributed by atoms with Crippen molar-refractivity contribution in [1.29, 1.82) is 0 Å². The minimum absolute atomic E-state index is 0.0157. The number of carbonyl (C=O) groups excluding carboxylic acids is 2. The predicted molar refractivity (Wildman–Crippen MR) is 107 cm³/mol. The fourth-order valence-corrected chi connectivity index (χ4v) is 5.18. The first-order valence-electron chi connectivity index (χ1n) is 10.3. The Morgan fingerprint density at radius 1 is 1.27 bits per heavy atom. The van der Waals surface area contributed by atoms with Gasteiger partial charge in [0, 0.05) is 24.2 Å². The van der Waals surface area contributed by atoms with Crippen LogP contribution in [0.25, 0.3) is 0 Å². The molecule has 0 bridgehead atoms. The molecule has 1 spiro atoms. The van der Waals surface area contributed by atoms with Gasteiger partial charge in [-0.1, -0.05) is 30.3 Å².